The van der Waals surface area contributed by atoms with Gasteiger partial charge in [-0.05, 0) is 54.9 Å². The van der Waals surface area contributed by atoms with Crippen molar-refractivity contribution in [1.29, 1.82) is 0 Å². The van der Waals surface area contributed by atoms with E-state index in [1.807, 2.05) is 0 Å². The van der Waals surface area contributed by atoms with Gasteiger partial charge in [0.2, 0.25) is 0 Å². The van der Waals surface area contributed by atoms with Gasteiger partial charge < -0.3 is 4.74 Å². The average molecular weight is 311 g/mol. The van der Waals surface area contributed by atoms with E-state index >= 15 is 0 Å². The molecule has 0 amide bonds. The summed E-state index contributed by atoms with van der Waals surface area (Å²) in [6, 6.07) is 6.37. The van der Waals surface area contributed by atoms with Crippen molar-refractivity contribution in [2.45, 2.75) is 58.5 Å². The maximum absolute atomic E-state index is 6.25. The Kier molecular flexibility index (Phi) is 4.71. The molecule has 18 heavy (non-hydrogen) atoms. The van der Waals surface area contributed by atoms with Gasteiger partial charge in [-0.15, -0.1) is 0 Å². The summed E-state index contributed by atoms with van der Waals surface area (Å²) in [5.74, 6) is 2.38. The minimum atomic E-state index is 0.410. The molecule has 0 bridgehead atoms. The van der Waals surface area contributed by atoms with Crippen LogP contribution in [-0.2, 0) is 0 Å². The van der Waals surface area contributed by atoms with Crippen LogP contribution in [0.25, 0.3) is 0 Å². The maximum atomic E-state index is 6.25. The molecule has 1 fully saturated rings. The lowest BCUT2D eigenvalue weighted by molar-refractivity contribution is 0.127. The van der Waals surface area contributed by atoms with E-state index in [2.05, 4.69) is 54.9 Å². The third-order valence-corrected chi connectivity index (χ3v) is 4.27. The quantitative estimate of drug-likeness (QED) is 0.713. The van der Waals surface area contributed by atoms with Crippen molar-refractivity contribution < 1.29 is 4.74 Å². The van der Waals surface area contributed by atoms with Gasteiger partial charge in [-0.1, -0.05) is 43.1 Å². The summed E-state index contributed by atoms with van der Waals surface area (Å²) in [5.41, 5.74) is 1.31. The van der Waals surface area contributed by atoms with Gasteiger partial charge in [0.15, 0.2) is 0 Å². The Morgan fingerprint density at radius 2 is 2.06 bits per heavy atom. The summed E-state index contributed by atoms with van der Waals surface area (Å²) < 4.78 is 7.39. The summed E-state index contributed by atoms with van der Waals surface area (Å²) in [4.78, 5) is 0. The molecule has 0 aliphatic heterocycles. The summed E-state index contributed by atoms with van der Waals surface area (Å²) in [5, 5.41) is 0. The van der Waals surface area contributed by atoms with Gasteiger partial charge in [-0.25, -0.2) is 0 Å². The van der Waals surface area contributed by atoms with Gasteiger partial charge >= 0.3 is 0 Å². The van der Waals surface area contributed by atoms with E-state index in [-0.39, 0.29) is 0 Å². The van der Waals surface area contributed by atoms with Crippen molar-refractivity contribution >= 4 is 15.9 Å². The van der Waals surface area contributed by atoms with E-state index in [1.54, 1.807) is 0 Å². The average Bonchev–Trinajstić information content (AvgIpc) is 2.31. The van der Waals surface area contributed by atoms with Crippen LogP contribution in [0, 0.1) is 5.92 Å². The molecule has 1 aromatic rings. The molecule has 2 atom stereocenters. The molecule has 1 nitrogen and oxygen atoms in total. The Bertz CT molecular complexity index is 400. The highest BCUT2D eigenvalue weighted by Crippen LogP contribution is 2.33. The second-order valence-corrected chi connectivity index (χ2v) is 6.76. The van der Waals surface area contributed by atoms with Gasteiger partial charge in [0.25, 0.3) is 0 Å². The van der Waals surface area contributed by atoms with Crippen LogP contribution in [0.15, 0.2) is 22.7 Å². The van der Waals surface area contributed by atoms with Crippen LogP contribution in [0.1, 0.15) is 57.9 Å². The first-order valence-corrected chi connectivity index (χ1v) is 7.81. The fourth-order valence-corrected chi connectivity index (χ4v) is 3.12. The normalized spacial score (nSPS) is 24.3. The van der Waals surface area contributed by atoms with Crippen LogP contribution in [0.3, 0.4) is 0 Å². The van der Waals surface area contributed by atoms with Gasteiger partial charge in [-0.2, -0.15) is 0 Å². The molecule has 0 radical (unpaired) electrons. The molecule has 0 saturated heterocycles. The summed E-state index contributed by atoms with van der Waals surface area (Å²) >= 11 is 3.54. The molecule has 0 heterocycles. The highest BCUT2D eigenvalue weighted by atomic mass is 79.9. The Balaban J connectivity index is 2.12. The van der Waals surface area contributed by atoms with E-state index in [1.165, 1.54) is 31.2 Å². The fourth-order valence-electron chi connectivity index (χ4n) is 2.74. The summed E-state index contributed by atoms with van der Waals surface area (Å²) in [6.45, 7) is 6.77. The number of hydrogen-bond acceptors (Lipinski definition) is 1. The zero-order chi connectivity index (χ0) is 13.1. The number of halogens is 1. The van der Waals surface area contributed by atoms with Gasteiger partial charge in [-0.3, -0.25) is 0 Å². The van der Waals surface area contributed by atoms with Crippen molar-refractivity contribution in [3.8, 4) is 5.75 Å². The predicted molar refractivity (Wildman–Crippen MR) is 80.3 cm³/mol. The largest absolute Gasteiger partial charge is 0.490 e. The molecule has 0 aromatic heterocycles. The van der Waals surface area contributed by atoms with E-state index in [0.717, 1.165) is 16.1 Å². The topological polar surface area (TPSA) is 9.23 Å². The zero-order valence-electron chi connectivity index (χ0n) is 11.6. The number of rotatable bonds is 3. The lowest BCUT2D eigenvalue weighted by Gasteiger charge is -2.28. The van der Waals surface area contributed by atoms with E-state index in [4.69, 9.17) is 4.74 Å². The monoisotopic (exact) mass is 310 g/mol. The molecule has 1 aliphatic rings. The molecule has 2 heteroatoms. The second-order valence-electron chi connectivity index (χ2n) is 5.85. The van der Waals surface area contributed by atoms with Crippen molar-refractivity contribution in [3.63, 3.8) is 0 Å². The van der Waals surface area contributed by atoms with E-state index < -0.39 is 0 Å². The Hall–Kier alpha value is -0.500. The lowest BCUT2D eigenvalue weighted by Crippen LogP contribution is -2.24. The molecule has 0 spiro atoms. The zero-order valence-corrected chi connectivity index (χ0v) is 13.2. The van der Waals surface area contributed by atoms with Crippen molar-refractivity contribution in [3.05, 3.63) is 28.2 Å². The Morgan fingerprint density at radius 3 is 2.72 bits per heavy atom. The van der Waals surface area contributed by atoms with Crippen molar-refractivity contribution in [2.75, 3.05) is 0 Å². The van der Waals surface area contributed by atoms with Crippen LogP contribution in [-0.4, -0.2) is 6.10 Å². The van der Waals surface area contributed by atoms with Crippen LogP contribution in [0.5, 0.6) is 5.75 Å². The van der Waals surface area contributed by atoms with Gasteiger partial charge in [0, 0.05) is 4.47 Å². The first-order valence-electron chi connectivity index (χ1n) is 7.02. The predicted octanol–water partition coefficient (Wildman–Crippen LogP) is 5.53. The van der Waals surface area contributed by atoms with Crippen LogP contribution in [0.2, 0.25) is 0 Å². The highest BCUT2D eigenvalue weighted by molar-refractivity contribution is 9.10. The molecular formula is C16H23BrO. The summed E-state index contributed by atoms with van der Waals surface area (Å²) in [7, 11) is 0. The third kappa shape index (κ3) is 3.50. The molecule has 2 rings (SSSR count). The van der Waals surface area contributed by atoms with Crippen LogP contribution >= 0.6 is 15.9 Å². The smallest absolute Gasteiger partial charge is 0.123 e. The minimum Gasteiger partial charge on any atom is -0.490 e. The first-order chi connectivity index (χ1) is 8.56. The molecule has 1 saturated carbocycles. The third-order valence-electron chi connectivity index (χ3n) is 3.78. The number of benzene rings is 1. The molecule has 0 N–H and O–H groups in total. The standard InChI is InChI=1S/C16H23BrO/c1-11(2)15-10-13(17)7-8-16(15)18-14-6-4-5-12(3)9-14/h7-8,10-12,14H,4-6,9H2,1-3H3. The molecule has 1 aliphatic carbocycles. The van der Waals surface area contributed by atoms with Crippen LogP contribution in [0.4, 0.5) is 0 Å². The van der Waals surface area contributed by atoms with Crippen molar-refractivity contribution in [1.82, 2.24) is 0 Å². The SMILES string of the molecule is CC1CCCC(Oc2ccc(Br)cc2C(C)C)C1. The van der Waals surface area contributed by atoms with Gasteiger partial charge in [0.1, 0.15) is 5.75 Å². The Morgan fingerprint density at radius 1 is 1.28 bits per heavy atom. The maximum Gasteiger partial charge on any atom is 0.123 e. The minimum absolute atomic E-state index is 0.410. The molecular weight excluding hydrogens is 288 g/mol. The first kappa shape index (κ1) is 13.9. The summed E-state index contributed by atoms with van der Waals surface area (Å²) in [6.07, 6.45) is 5.48. The number of hydrogen-bond donors (Lipinski definition) is 0. The number of ether oxygens (including phenoxy) is 1. The van der Waals surface area contributed by atoms with Crippen LogP contribution < -0.4 is 4.74 Å². The molecule has 100 valence electrons. The van der Waals surface area contributed by atoms with E-state index in [9.17, 15) is 0 Å². The van der Waals surface area contributed by atoms with Crippen molar-refractivity contribution in [2.24, 2.45) is 5.92 Å². The van der Waals surface area contributed by atoms with Gasteiger partial charge in [0.05, 0.1) is 6.10 Å². The van der Waals surface area contributed by atoms with E-state index in [0.29, 0.717) is 12.0 Å². The molecule has 1 aromatic carbocycles. The highest BCUT2D eigenvalue weighted by Gasteiger charge is 2.21. The second kappa shape index (κ2) is 6.10. The Labute approximate surface area is 119 Å². The molecule has 2 unspecified atom stereocenters. The lowest BCUT2D eigenvalue weighted by atomic mass is 9.88. The fraction of sp³-hybridized carbons (Fsp3) is 0.625.